The zero-order valence-electron chi connectivity index (χ0n) is 19.7. The molecule has 4 aromatic rings. The molecular formula is C27H20F2N2O5S. The van der Waals surface area contributed by atoms with Crippen molar-refractivity contribution < 1.29 is 27.5 Å². The lowest BCUT2D eigenvalue weighted by Gasteiger charge is -2.24. The molecule has 0 saturated heterocycles. The van der Waals surface area contributed by atoms with E-state index >= 15 is 0 Å². The van der Waals surface area contributed by atoms with Crippen LogP contribution in [0.4, 0.5) is 8.78 Å². The number of rotatable bonds is 6. The second kappa shape index (κ2) is 9.98. The van der Waals surface area contributed by atoms with E-state index in [4.69, 9.17) is 13.9 Å². The summed E-state index contributed by atoms with van der Waals surface area (Å²) in [6.45, 7) is 1.62. The van der Waals surface area contributed by atoms with Gasteiger partial charge in [0, 0.05) is 12.1 Å². The lowest BCUT2D eigenvalue weighted by Crippen LogP contribution is -2.39. The number of benzene rings is 2. The van der Waals surface area contributed by atoms with Crippen LogP contribution >= 0.6 is 11.3 Å². The minimum atomic E-state index is -0.817. The first-order valence-electron chi connectivity index (χ1n) is 11.2. The van der Waals surface area contributed by atoms with E-state index in [2.05, 4.69) is 4.99 Å². The molecule has 10 heteroatoms. The van der Waals surface area contributed by atoms with E-state index in [0.29, 0.717) is 26.6 Å². The van der Waals surface area contributed by atoms with E-state index < -0.39 is 23.6 Å². The topological polar surface area (TPSA) is 83.0 Å². The van der Waals surface area contributed by atoms with Gasteiger partial charge >= 0.3 is 5.97 Å². The van der Waals surface area contributed by atoms with Crippen LogP contribution in [0.15, 0.2) is 86.1 Å². The van der Waals surface area contributed by atoms with Gasteiger partial charge in [-0.2, -0.15) is 0 Å². The average molecular weight is 523 g/mol. The van der Waals surface area contributed by atoms with Crippen molar-refractivity contribution in [3.8, 4) is 5.75 Å². The van der Waals surface area contributed by atoms with Gasteiger partial charge in [0.05, 0.1) is 29.0 Å². The number of nitrogens with zero attached hydrogens (tertiary/aromatic N) is 2. The molecule has 1 aliphatic heterocycles. The number of ether oxygens (including phenoxy) is 2. The molecule has 7 nitrogen and oxygen atoms in total. The van der Waals surface area contributed by atoms with Crippen LogP contribution in [0.2, 0.25) is 0 Å². The minimum absolute atomic E-state index is 0.0899. The Bertz CT molecular complexity index is 1700. The zero-order valence-corrected chi connectivity index (χ0v) is 20.6. The fourth-order valence-corrected chi connectivity index (χ4v) is 5.09. The first kappa shape index (κ1) is 24.4. The van der Waals surface area contributed by atoms with Crippen molar-refractivity contribution in [3.05, 3.63) is 120 Å². The van der Waals surface area contributed by atoms with Gasteiger partial charge in [-0.05, 0) is 36.8 Å². The van der Waals surface area contributed by atoms with Crippen LogP contribution in [0.3, 0.4) is 0 Å². The van der Waals surface area contributed by atoms with Crippen LogP contribution in [-0.4, -0.2) is 17.6 Å². The molecule has 188 valence electrons. The maximum absolute atomic E-state index is 13.8. The normalized spacial score (nSPS) is 15.4. The van der Waals surface area contributed by atoms with Gasteiger partial charge in [-0.3, -0.25) is 9.36 Å². The number of carbonyl (C=O) groups is 1. The van der Waals surface area contributed by atoms with Gasteiger partial charge < -0.3 is 13.9 Å². The van der Waals surface area contributed by atoms with E-state index in [1.54, 1.807) is 25.1 Å². The number of esters is 1. The Labute approximate surface area is 213 Å². The monoisotopic (exact) mass is 522 g/mol. The molecule has 37 heavy (non-hydrogen) atoms. The van der Waals surface area contributed by atoms with Crippen molar-refractivity contribution in [2.45, 2.75) is 19.6 Å². The van der Waals surface area contributed by atoms with Crippen molar-refractivity contribution in [1.82, 2.24) is 4.57 Å². The van der Waals surface area contributed by atoms with Gasteiger partial charge in [0.2, 0.25) is 0 Å². The van der Waals surface area contributed by atoms with E-state index in [1.807, 2.05) is 30.3 Å². The number of fused-ring (bicyclic) bond motifs is 1. The first-order chi connectivity index (χ1) is 17.9. The van der Waals surface area contributed by atoms with Crippen molar-refractivity contribution in [2.24, 2.45) is 4.99 Å². The number of allylic oxidation sites excluding steroid dienone is 1. The highest BCUT2D eigenvalue weighted by Gasteiger charge is 2.32. The Kier molecular flexibility index (Phi) is 6.58. The van der Waals surface area contributed by atoms with E-state index in [1.165, 1.54) is 29.1 Å². The maximum atomic E-state index is 13.8. The lowest BCUT2D eigenvalue weighted by atomic mass is 9.96. The van der Waals surface area contributed by atoms with Gasteiger partial charge in [-0.25, -0.2) is 18.6 Å². The quantitative estimate of drug-likeness (QED) is 0.359. The number of halogens is 2. The molecule has 0 bridgehead atoms. The van der Waals surface area contributed by atoms with Crippen molar-refractivity contribution in [1.29, 1.82) is 0 Å². The number of hydrogen-bond donors (Lipinski definition) is 0. The van der Waals surface area contributed by atoms with Crippen LogP contribution in [0, 0.1) is 11.6 Å². The fraction of sp³-hybridized carbons (Fsp3) is 0.148. The maximum Gasteiger partial charge on any atom is 0.338 e. The molecule has 0 fully saturated rings. The third-order valence-electron chi connectivity index (χ3n) is 5.76. The molecule has 0 radical (unpaired) electrons. The summed E-state index contributed by atoms with van der Waals surface area (Å²) in [6.07, 6.45) is 1.57. The molecule has 0 aliphatic carbocycles. The lowest BCUT2D eigenvalue weighted by molar-refractivity contribution is -0.136. The third kappa shape index (κ3) is 4.75. The highest BCUT2D eigenvalue weighted by atomic mass is 32.1. The molecule has 1 aliphatic rings. The van der Waals surface area contributed by atoms with Crippen LogP contribution < -0.4 is 19.6 Å². The number of carbonyl (C=O) groups excluding carboxylic acids is 1. The van der Waals surface area contributed by atoms with E-state index in [-0.39, 0.29) is 23.5 Å². The van der Waals surface area contributed by atoms with Gasteiger partial charge in [0.25, 0.3) is 5.56 Å². The highest BCUT2D eigenvalue weighted by Crippen LogP contribution is 2.30. The summed E-state index contributed by atoms with van der Waals surface area (Å²) in [5.41, 5.74) is 1.17. The molecule has 5 rings (SSSR count). The molecule has 0 unspecified atom stereocenters. The largest absolute Gasteiger partial charge is 0.483 e. The second-order valence-corrected chi connectivity index (χ2v) is 9.16. The predicted octanol–water partition coefficient (Wildman–Crippen LogP) is 3.86. The minimum Gasteiger partial charge on any atom is -0.483 e. The molecule has 3 heterocycles. The van der Waals surface area contributed by atoms with Gasteiger partial charge in [0.15, 0.2) is 16.4 Å². The molecule has 1 atom stereocenters. The van der Waals surface area contributed by atoms with Crippen LogP contribution in [-0.2, 0) is 16.1 Å². The summed E-state index contributed by atoms with van der Waals surface area (Å²) in [4.78, 5) is 31.1. The summed E-state index contributed by atoms with van der Waals surface area (Å²) in [7, 11) is 1.29. The highest BCUT2D eigenvalue weighted by molar-refractivity contribution is 7.07. The Morgan fingerprint density at radius 1 is 1.16 bits per heavy atom. The van der Waals surface area contributed by atoms with Crippen LogP contribution in [0.5, 0.6) is 5.75 Å². The molecule has 2 aromatic heterocycles. The van der Waals surface area contributed by atoms with Crippen LogP contribution in [0.25, 0.3) is 6.08 Å². The molecule has 0 spiro atoms. The molecule has 2 aromatic carbocycles. The number of aromatic nitrogens is 1. The van der Waals surface area contributed by atoms with Gasteiger partial charge in [-0.15, -0.1) is 0 Å². The molecule has 0 saturated carbocycles. The van der Waals surface area contributed by atoms with E-state index in [0.717, 1.165) is 17.7 Å². The Morgan fingerprint density at radius 2 is 1.95 bits per heavy atom. The standard InChI is InChI=1S/C27H20F2N2O5S/c1-15-23(26(33)34-2)24(16-6-4-3-5-7-16)31-25(32)22(37-27(31)30-15)13-18-9-10-19(36-18)14-35-21-11-8-17(28)12-20(21)29/h3-13,24H,14H2,1-2H3/b22-13+/t24-/m1/s1. The molecular weight excluding hydrogens is 502 g/mol. The van der Waals surface area contributed by atoms with Gasteiger partial charge in [-0.1, -0.05) is 41.7 Å². The van der Waals surface area contributed by atoms with Gasteiger partial charge in [0.1, 0.15) is 23.9 Å². The van der Waals surface area contributed by atoms with E-state index in [9.17, 15) is 18.4 Å². The SMILES string of the molecule is COC(=O)C1=C(C)N=c2s/c(=C/c3ccc(COc4ccc(F)cc4F)o3)c(=O)n2[C@@H]1c1ccccc1. The third-order valence-corrected chi connectivity index (χ3v) is 6.74. The predicted molar refractivity (Wildman–Crippen MR) is 132 cm³/mol. The molecule has 0 N–H and O–H groups in total. The van der Waals surface area contributed by atoms with Crippen molar-refractivity contribution >= 4 is 23.4 Å². The Morgan fingerprint density at radius 3 is 2.68 bits per heavy atom. The number of hydrogen-bond acceptors (Lipinski definition) is 7. The summed E-state index contributed by atoms with van der Waals surface area (Å²) < 4.78 is 44.8. The summed E-state index contributed by atoms with van der Waals surface area (Å²) >= 11 is 1.17. The number of furan rings is 1. The smallest absolute Gasteiger partial charge is 0.338 e. The second-order valence-electron chi connectivity index (χ2n) is 8.15. The fourth-order valence-electron chi connectivity index (χ4n) is 4.06. The number of methoxy groups -OCH3 is 1. The van der Waals surface area contributed by atoms with Crippen molar-refractivity contribution in [2.75, 3.05) is 7.11 Å². The first-order valence-corrected chi connectivity index (χ1v) is 12.0. The zero-order chi connectivity index (χ0) is 26.1. The molecule has 0 amide bonds. The Hall–Kier alpha value is -4.31. The van der Waals surface area contributed by atoms with Crippen LogP contribution in [0.1, 0.15) is 30.0 Å². The average Bonchev–Trinajstić information content (AvgIpc) is 3.46. The Balaban J connectivity index is 1.49. The van der Waals surface area contributed by atoms with Crippen molar-refractivity contribution in [3.63, 3.8) is 0 Å². The number of thiazole rings is 1. The summed E-state index contributed by atoms with van der Waals surface area (Å²) in [6, 6.07) is 14.8. The summed E-state index contributed by atoms with van der Waals surface area (Å²) in [5.74, 6) is -1.42. The summed E-state index contributed by atoms with van der Waals surface area (Å²) in [5, 5.41) is 0.